The molecule has 0 aromatic rings. The highest BCUT2D eigenvalue weighted by molar-refractivity contribution is 14.1. The number of rotatable bonds is 4. The fraction of sp³-hybridized carbons (Fsp3) is 1.00. The molecule has 1 rings (SSSR count). The molecule has 0 aromatic heterocycles. The van der Waals surface area contributed by atoms with Gasteiger partial charge in [0, 0.05) is 6.04 Å². The van der Waals surface area contributed by atoms with Crippen molar-refractivity contribution < 1.29 is 4.74 Å². The highest BCUT2D eigenvalue weighted by Gasteiger charge is 2.32. The lowest BCUT2D eigenvalue weighted by Gasteiger charge is -2.41. The van der Waals surface area contributed by atoms with E-state index in [2.05, 4.69) is 48.4 Å². The van der Waals surface area contributed by atoms with E-state index in [4.69, 9.17) is 4.74 Å². The number of nitrogens with zero attached hydrogens (tertiary/aromatic N) is 1. The normalized spacial score (nSPS) is 31.8. The molecule has 0 saturated heterocycles. The SMILES string of the molecule is CCN(C)C1CC(OC(C)I)C1. The van der Waals surface area contributed by atoms with Crippen molar-refractivity contribution in [2.45, 2.75) is 42.9 Å². The van der Waals surface area contributed by atoms with Crippen molar-refractivity contribution in [2.24, 2.45) is 0 Å². The zero-order valence-corrected chi connectivity index (χ0v) is 10.2. The molecule has 0 aliphatic heterocycles. The molecule has 72 valence electrons. The fourth-order valence-electron chi connectivity index (χ4n) is 1.53. The molecule has 0 radical (unpaired) electrons. The monoisotopic (exact) mass is 283 g/mol. The van der Waals surface area contributed by atoms with Gasteiger partial charge in [-0.05, 0) is 33.4 Å². The van der Waals surface area contributed by atoms with Crippen LogP contribution in [-0.4, -0.2) is 34.7 Å². The van der Waals surface area contributed by atoms with E-state index >= 15 is 0 Å². The molecule has 0 aromatic carbocycles. The summed E-state index contributed by atoms with van der Waals surface area (Å²) in [6, 6.07) is 0.773. The zero-order valence-electron chi connectivity index (χ0n) is 8.09. The molecule has 0 N–H and O–H groups in total. The average Bonchev–Trinajstić information content (AvgIpc) is 1.94. The lowest BCUT2D eigenvalue weighted by atomic mass is 9.88. The molecule has 0 heterocycles. The number of halogens is 1. The molecule has 1 fully saturated rings. The van der Waals surface area contributed by atoms with Crippen molar-refractivity contribution in [2.75, 3.05) is 13.6 Å². The van der Waals surface area contributed by atoms with Gasteiger partial charge in [-0.2, -0.15) is 0 Å². The Morgan fingerprint density at radius 2 is 2.17 bits per heavy atom. The fourth-order valence-corrected chi connectivity index (χ4v) is 1.95. The topological polar surface area (TPSA) is 12.5 Å². The Hall–Kier alpha value is 0.650. The summed E-state index contributed by atoms with van der Waals surface area (Å²) in [6.07, 6.45) is 2.96. The molecule has 0 spiro atoms. The Labute approximate surface area is 88.8 Å². The Kier molecular flexibility index (Phi) is 4.26. The van der Waals surface area contributed by atoms with Gasteiger partial charge in [-0.3, -0.25) is 0 Å². The summed E-state index contributed by atoms with van der Waals surface area (Å²) in [5.41, 5.74) is 0. The Bertz CT molecular complexity index is 134. The summed E-state index contributed by atoms with van der Waals surface area (Å²) < 4.78 is 6.03. The van der Waals surface area contributed by atoms with Crippen molar-refractivity contribution in [1.82, 2.24) is 4.90 Å². The number of hydrogen-bond acceptors (Lipinski definition) is 2. The molecule has 1 atom stereocenters. The summed E-state index contributed by atoms with van der Waals surface area (Å²) in [7, 11) is 2.19. The van der Waals surface area contributed by atoms with Crippen molar-refractivity contribution in [3.63, 3.8) is 0 Å². The largest absolute Gasteiger partial charge is 0.365 e. The first kappa shape index (κ1) is 10.7. The van der Waals surface area contributed by atoms with E-state index in [-0.39, 0.29) is 0 Å². The Morgan fingerprint density at radius 3 is 2.58 bits per heavy atom. The van der Waals surface area contributed by atoms with Gasteiger partial charge < -0.3 is 9.64 Å². The predicted molar refractivity (Wildman–Crippen MR) is 59.7 cm³/mol. The van der Waals surface area contributed by atoms with Crippen molar-refractivity contribution >= 4 is 22.6 Å². The van der Waals surface area contributed by atoms with Gasteiger partial charge in [0.25, 0.3) is 0 Å². The molecule has 1 aliphatic carbocycles. The number of hydrogen-bond donors (Lipinski definition) is 0. The predicted octanol–water partition coefficient (Wildman–Crippen LogP) is 2.27. The van der Waals surface area contributed by atoms with Gasteiger partial charge in [-0.25, -0.2) is 0 Å². The molecular formula is C9H18INO. The number of alkyl halides is 1. The van der Waals surface area contributed by atoms with Crippen molar-refractivity contribution in [1.29, 1.82) is 0 Å². The van der Waals surface area contributed by atoms with Crippen LogP contribution in [0.25, 0.3) is 0 Å². The van der Waals surface area contributed by atoms with Crippen LogP contribution in [0.15, 0.2) is 0 Å². The van der Waals surface area contributed by atoms with Gasteiger partial charge in [-0.15, -0.1) is 0 Å². The maximum atomic E-state index is 5.67. The third kappa shape index (κ3) is 2.85. The van der Waals surface area contributed by atoms with Crippen LogP contribution in [0.5, 0.6) is 0 Å². The van der Waals surface area contributed by atoms with Gasteiger partial charge in [0.05, 0.1) is 6.10 Å². The minimum Gasteiger partial charge on any atom is -0.365 e. The first-order chi connectivity index (χ1) is 5.63. The van der Waals surface area contributed by atoms with Crippen LogP contribution in [0.1, 0.15) is 26.7 Å². The van der Waals surface area contributed by atoms with Crippen LogP contribution >= 0.6 is 22.6 Å². The summed E-state index contributed by atoms with van der Waals surface area (Å²) in [5, 5.41) is 0. The highest BCUT2D eigenvalue weighted by atomic mass is 127. The average molecular weight is 283 g/mol. The molecule has 0 amide bonds. The lowest BCUT2D eigenvalue weighted by Crippen LogP contribution is -2.46. The van der Waals surface area contributed by atoms with Crippen LogP contribution in [0, 0.1) is 0 Å². The van der Waals surface area contributed by atoms with E-state index in [1.165, 1.54) is 12.8 Å². The molecule has 1 aliphatic rings. The third-order valence-electron chi connectivity index (χ3n) is 2.57. The molecule has 12 heavy (non-hydrogen) atoms. The van der Waals surface area contributed by atoms with Gasteiger partial charge in [0.2, 0.25) is 0 Å². The first-order valence-electron chi connectivity index (χ1n) is 4.63. The van der Waals surface area contributed by atoms with Crippen LogP contribution in [0.2, 0.25) is 0 Å². The maximum absolute atomic E-state index is 5.67. The quantitative estimate of drug-likeness (QED) is 0.579. The van der Waals surface area contributed by atoms with E-state index in [1.807, 2.05) is 0 Å². The van der Waals surface area contributed by atoms with Crippen LogP contribution in [-0.2, 0) is 4.74 Å². The first-order valence-corrected chi connectivity index (χ1v) is 5.87. The lowest BCUT2D eigenvalue weighted by molar-refractivity contribution is -0.0451. The third-order valence-corrected chi connectivity index (χ3v) is 2.87. The molecule has 1 saturated carbocycles. The molecule has 1 unspecified atom stereocenters. The summed E-state index contributed by atoms with van der Waals surface area (Å²) in [4.78, 5) is 2.40. The van der Waals surface area contributed by atoms with Crippen LogP contribution in [0.3, 0.4) is 0 Å². The Balaban J connectivity index is 2.11. The van der Waals surface area contributed by atoms with E-state index < -0.39 is 0 Å². The van der Waals surface area contributed by atoms with E-state index in [9.17, 15) is 0 Å². The van der Waals surface area contributed by atoms with Crippen LogP contribution in [0.4, 0.5) is 0 Å². The molecule has 3 heteroatoms. The highest BCUT2D eigenvalue weighted by Crippen LogP contribution is 2.29. The smallest absolute Gasteiger partial charge is 0.106 e. The van der Waals surface area contributed by atoms with Crippen LogP contribution < -0.4 is 0 Å². The molecule has 0 bridgehead atoms. The second-order valence-corrected chi connectivity index (χ2v) is 5.25. The molecular weight excluding hydrogens is 265 g/mol. The van der Waals surface area contributed by atoms with Gasteiger partial charge in [0.1, 0.15) is 4.11 Å². The van der Waals surface area contributed by atoms with E-state index in [0.717, 1.165) is 12.6 Å². The summed E-state index contributed by atoms with van der Waals surface area (Å²) in [6.45, 7) is 5.45. The van der Waals surface area contributed by atoms with Crippen molar-refractivity contribution in [3.05, 3.63) is 0 Å². The minimum absolute atomic E-state index is 0.362. The van der Waals surface area contributed by atoms with E-state index in [1.54, 1.807) is 0 Å². The van der Waals surface area contributed by atoms with Gasteiger partial charge >= 0.3 is 0 Å². The standard InChI is InChI=1S/C9H18INO/c1-4-11(3)8-5-9(6-8)12-7(2)10/h7-9H,4-6H2,1-3H3. The second kappa shape index (κ2) is 4.77. The zero-order chi connectivity index (χ0) is 9.14. The van der Waals surface area contributed by atoms with Crippen molar-refractivity contribution in [3.8, 4) is 0 Å². The number of ether oxygens (including phenoxy) is 1. The second-order valence-electron chi connectivity index (χ2n) is 3.50. The maximum Gasteiger partial charge on any atom is 0.106 e. The van der Waals surface area contributed by atoms with Gasteiger partial charge in [-0.1, -0.05) is 29.5 Å². The Morgan fingerprint density at radius 1 is 1.58 bits per heavy atom. The van der Waals surface area contributed by atoms with E-state index in [0.29, 0.717) is 10.2 Å². The summed E-state index contributed by atoms with van der Waals surface area (Å²) >= 11 is 2.31. The minimum atomic E-state index is 0.362. The summed E-state index contributed by atoms with van der Waals surface area (Å²) in [5.74, 6) is 0. The van der Waals surface area contributed by atoms with Gasteiger partial charge in [0.15, 0.2) is 0 Å². The molecule has 2 nitrogen and oxygen atoms in total.